The van der Waals surface area contributed by atoms with Gasteiger partial charge in [0.15, 0.2) is 8.32 Å². The molecule has 13 heteroatoms. The van der Waals surface area contributed by atoms with E-state index in [1.807, 2.05) is 33.9 Å². The summed E-state index contributed by atoms with van der Waals surface area (Å²) in [4.78, 5) is 0. The zero-order valence-corrected chi connectivity index (χ0v) is 19.9. The van der Waals surface area contributed by atoms with Crippen LogP contribution in [-0.4, -0.2) is 44.0 Å². The summed E-state index contributed by atoms with van der Waals surface area (Å²) in [6, 6.07) is 3.37. The molecule has 0 aromatic heterocycles. The molecular weight excluding hydrogens is 451 g/mol. The van der Waals surface area contributed by atoms with Crippen molar-refractivity contribution in [3.63, 3.8) is 0 Å². The number of sulfonamides is 1. The van der Waals surface area contributed by atoms with Gasteiger partial charge in [0.05, 0.1) is 18.6 Å². The van der Waals surface area contributed by atoms with Crippen molar-refractivity contribution in [2.45, 2.75) is 51.0 Å². The van der Waals surface area contributed by atoms with Crippen LogP contribution in [0, 0.1) is 0 Å². The fraction of sp³-hybridized carbons (Fsp3) is 0.625. The van der Waals surface area contributed by atoms with Gasteiger partial charge < -0.3 is 8.61 Å². The van der Waals surface area contributed by atoms with Crippen LogP contribution in [0.5, 0.6) is 5.75 Å². The fourth-order valence-corrected chi connectivity index (χ4v) is 3.70. The normalized spacial score (nSPS) is 14.0. The van der Waals surface area contributed by atoms with E-state index in [0.29, 0.717) is 0 Å². The Labute approximate surface area is 171 Å². The summed E-state index contributed by atoms with van der Waals surface area (Å²) >= 11 is 0. The lowest BCUT2D eigenvalue weighted by molar-refractivity contribution is -0.0500. The first-order valence-electron chi connectivity index (χ1n) is 8.40. The molecule has 0 saturated heterocycles. The maximum atomic E-state index is 12.7. The number of nitrogens with zero attached hydrogens (tertiary/aromatic N) is 1. The van der Waals surface area contributed by atoms with Crippen molar-refractivity contribution >= 4 is 34.1 Å². The molecule has 1 aromatic carbocycles. The Morgan fingerprint density at radius 1 is 1.03 bits per heavy atom. The van der Waals surface area contributed by atoms with Crippen molar-refractivity contribution in [2.75, 3.05) is 17.6 Å². The van der Waals surface area contributed by atoms with Gasteiger partial charge in [0.25, 0.3) is 0 Å². The standard InChI is InChI=1S/C16H26F3NO6S2Si/c1-15(2,3)29(6,7)25-11-12-8-13(20(4)27(5,21)22)10-14(9-12)26-28(23,24)16(17,18)19/h8-10H,11H2,1-7H3. The van der Waals surface area contributed by atoms with Crippen LogP contribution in [0.3, 0.4) is 0 Å². The van der Waals surface area contributed by atoms with Gasteiger partial charge in [-0.1, -0.05) is 20.8 Å². The van der Waals surface area contributed by atoms with E-state index >= 15 is 0 Å². The molecule has 0 radical (unpaired) electrons. The summed E-state index contributed by atoms with van der Waals surface area (Å²) in [6.07, 6.45) is 0.902. The van der Waals surface area contributed by atoms with E-state index in [1.165, 1.54) is 13.1 Å². The van der Waals surface area contributed by atoms with Crippen molar-refractivity contribution in [1.82, 2.24) is 0 Å². The first-order valence-corrected chi connectivity index (χ1v) is 14.6. The molecular formula is C16H26F3NO6S2Si. The van der Waals surface area contributed by atoms with E-state index < -0.39 is 39.7 Å². The van der Waals surface area contributed by atoms with Gasteiger partial charge in [-0.3, -0.25) is 4.31 Å². The summed E-state index contributed by atoms with van der Waals surface area (Å²) in [7, 11) is -10.7. The lowest BCUT2D eigenvalue weighted by atomic mass is 10.2. The molecule has 0 atom stereocenters. The van der Waals surface area contributed by atoms with E-state index in [-0.39, 0.29) is 22.9 Å². The third-order valence-electron chi connectivity index (χ3n) is 4.71. The van der Waals surface area contributed by atoms with Crippen LogP contribution < -0.4 is 8.49 Å². The molecule has 0 heterocycles. The third-order valence-corrected chi connectivity index (χ3v) is 11.4. The summed E-state index contributed by atoms with van der Waals surface area (Å²) in [6.45, 7) is 9.87. The van der Waals surface area contributed by atoms with E-state index in [9.17, 15) is 30.0 Å². The molecule has 0 bridgehead atoms. The Morgan fingerprint density at radius 2 is 1.55 bits per heavy atom. The minimum absolute atomic E-state index is 0.0512. The zero-order valence-electron chi connectivity index (χ0n) is 17.3. The number of rotatable bonds is 7. The first kappa shape index (κ1) is 25.7. The van der Waals surface area contributed by atoms with E-state index in [1.54, 1.807) is 0 Å². The van der Waals surface area contributed by atoms with Gasteiger partial charge >= 0.3 is 15.6 Å². The number of benzene rings is 1. The largest absolute Gasteiger partial charge is 0.534 e. The number of halogens is 3. The van der Waals surface area contributed by atoms with Crippen LogP contribution in [0.1, 0.15) is 26.3 Å². The Kier molecular flexibility index (Phi) is 7.17. The molecule has 0 unspecified atom stereocenters. The molecule has 0 aliphatic rings. The zero-order chi connectivity index (χ0) is 23.1. The van der Waals surface area contributed by atoms with Crippen molar-refractivity contribution < 1.29 is 38.6 Å². The molecule has 0 saturated carbocycles. The molecule has 1 rings (SSSR count). The van der Waals surface area contributed by atoms with Crippen LogP contribution in [-0.2, 0) is 31.2 Å². The topological polar surface area (TPSA) is 90.0 Å². The van der Waals surface area contributed by atoms with Gasteiger partial charge in [-0.2, -0.15) is 21.6 Å². The Morgan fingerprint density at radius 3 is 1.97 bits per heavy atom. The number of hydrogen-bond donors (Lipinski definition) is 0. The van der Waals surface area contributed by atoms with Gasteiger partial charge in [0, 0.05) is 13.1 Å². The summed E-state index contributed by atoms with van der Waals surface area (Å²) in [5, 5.41) is -0.146. The predicted molar refractivity (Wildman–Crippen MR) is 107 cm³/mol. The summed E-state index contributed by atoms with van der Waals surface area (Å²) in [5.41, 5.74) is -5.41. The maximum Gasteiger partial charge on any atom is 0.534 e. The molecule has 0 fully saturated rings. The third kappa shape index (κ3) is 6.59. The Bertz CT molecular complexity index is 954. The van der Waals surface area contributed by atoms with Crippen molar-refractivity contribution in [2.24, 2.45) is 0 Å². The smallest absolute Gasteiger partial charge is 0.413 e. The molecule has 0 aliphatic carbocycles. The second kappa shape index (κ2) is 8.08. The Hall–Kier alpha value is -1.31. The van der Waals surface area contributed by atoms with Gasteiger partial charge in [0.2, 0.25) is 10.0 Å². The molecule has 0 N–H and O–H groups in total. The van der Waals surface area contributed by atoms with Crippen LogP contribution in [0.15, 0.2) is 18.2 Å². The summed E-state index contributed by atoms with van der Waals surface area (Å²) < 4.78 is 95.3. The molecule has 168 valence electrons. The van der Waals surface area contributed by atoms with Gasteiger partial charge in [-0.25, -0.2) is 8.42 Å². The second-order valence-corrected chi connectivity index (χ2v) is 16.5. The average Bonchev–Trinajstić information content (AvgIpc) is 2.48. The SMILES string of the molecule is CN(c1cc(CO[Si](C)(C)C(C)(C)C)cc(OS(=O)(=O)C(F)(F)F)c1)S(C)(=O)=O. The lowest BCUT2D eigenvalue weighted by Gasteiger charge is -2.36. The van der Waals surface area contributed by atoms with Crippen LogP contribution in [0.2, 0.25) is 18.1 Å². The van der Waals surface area contributed by atoms with E-state index in [0.717, 1.165) is 22.7 Å². The van der Waals surface area contributed by atoms with Crippen molar-refractivity contribution in [1.29, 1.82) is 0 Å². The average molecular weight is 478 g/mol. The molecule has 0 spiro atoms. The maximum absolute atomic E-state index is 12.7. The highest BCUT2D eigenvalue weighted by atomic mass is 32.2. The second-order valence-electron chi connectivity index (χ2n) is 8.10. The quantitative estimate of drug-likeness (QED) is 0.337. The van der Waals surface area contributed by atoms with Crippen LogP contribution >= 0.6 is 0 Å². The fourth-order valence-electron chi connectivity index (χ4n) is 1.80. The number of alkyl halides is 3. The van der Waals surface area contributed by atoms with E-state index in [4.69, 9.17) is 4.43 Å². The van der Waals surface area contributed by atoms with Gasteiger partial charge in [-0.05, 0) is 35.8 Å². The highest BCUT2D eigenvalue weighted by Gasteiger charge is 2.48. The molecule has 29 heavy (non-hydrogen) atoms. The number of hydrogen-bond acceptors (Lipinski definition) is 6. The highest BCUT2D eigenvalue weighted by molar-refractivity contribution is 7.92. The molecule has 0 aliphatic heterocycles. The molecule has 1 aromatic rings. The Balaban J connectivity index is 3.39. The minimum atomic E-state index is -5.91. The monoisotopic (exact) mass is 477 g/mol. The van der Waals surface area contributed by atoms with E-state index in [2.05, 4.69) is 4.18 Å². The van der Waals surface area contributed by atoms with Gasteiger partial charge in [0.1, 0.15) is 5.75 Å². The van der Waals surface area contributed by atoms with Crippen molar-refractivity contribution in [3.05, 3.63) is 23.8 Å². The summed E-state index contributed by atoms with van der Waals surface area (Å²) in [5.74, 6) is -0.663. The van der Waals surface area contributed by atoms with Gasteiger partial charge in [-0.15, -0.1) is 0 Å². The first-order chi connectivity index (χ1) is 12.7. The lowest BCUT2D eigenvalue weighted by Crippen LogP contribution is -2.40. The molecule has 0 amide bonds. The molecule has 7 nitrogen and oxygen atoms in total. The van der Waals surface area contributed by atoms with Crippen LogP contribution in [0.25, 0.3) is 0 Å². The van der Waals surface area contributed by atoms with Crippen LogP contribution in [0.4, 0.5) is 18.9 Å². The minimum Gasteiger partial charge on any atom is -0.413 e. The predicted octanol–water partition coefficient (Wildman–Crippen LogP) is 3.83. The number of anilines is 1. The highest BCUT2D eigenvalue weighted by Crippen LogP contribution is 2.38. The van der Waals surface area contributed by atoms with Crippen molar-refractivity contribution in [3.8, 4) is 5.75 Å².